The molecule has 1 rings (SSSR count). The second-order valence-electron chi connectivity index (χ2n) is 5.42. The molecule has 0 saturated heterocycles. The summed E-state index contributed by atoms with van der Waals surface area (Å²) in [5.41, 5.74) is 0.775. The van der Waals surface area contributed by atoms with Crippen molar-refractivity contribution in [3.05, 3.63) is 29.8 Å². The minimum Gasteiger partial charge on any atom is -0.493 e. The van der Waals surface area contributed by atoms with Crippen LogP contribution < -0.4 is 9.47 Å². The van der Waals surface area contributed by atoms with Crippen LogP contribution in [-0.2, 0) is 23.9 Å². The van der Waals surface area contributed by atoms with Crippen molar-refractivity contribution >= 4 is 23.8 Å². The topological polar surface area (TPSA) is 88.1 Å². The van der Waals surface area contributed by atoms with E-state index in [-0.39, 0.29) is 18.8 Å². The van der Waals surface area contributed by atoms with E-state index >= 15 is 0 Å². The fraction of sp³-hybridized carbons (Fsp3) is 0.421. The van der Waals surface area contributed by atoms with E-state index < -0.39 is 11.9 Å². The monoisotopic (exact) mass is 364 g/mol. The summed E-state index contributed by atoms with van der Waals surface area (Å²) < 4.78 is 20.4. The van der Waals surface area contributed by atoms with Gasteiger partial charge in [0, 0.05) is 6.08 Å². The van der Waals surface area contributed by atoms with Crippen LogP contribution in [0.2, 0.25) is 0 Å². The standard InChI is InChI=1S/C19H24O7/c1-14(20)12-19(22)26-11-5-4-10-25-16-8-6-15(13-17(16)23-2)7-9-18(21)24-3/h6-9,13H,4-5,10-12H2,1-3H3/b9-7+. The first-order chi connectivity index (χ1) is 12.5. The number of rotatable bonds is 11. The smallest absolute Gasteiger partial charge is 0.330 e. The van der Waals surface area contributed by atoms with Crippen LogP contribution in [0, 0.1) is 0 Å². The highest BCUT2D eigenvalue weighted by molar-refractivity contribution is 5.94. The maximum absolute atomic E-state index is 11.2. The van der Waals surface area contributed by atoms with Gasteiger partial charge in [-0.05, 0) is 43.5 Å². The quantitative estimate of drug-likeness (QED) is 0.258. The second kappa shape index (κ2) is 11.7. The number of ketones is 1. The molecule has 142 valence electrons. The van der Waals surface area contributed by atoms with Gasteiger partial charge in [-0.15, -0.1) is 0 Å². The van der Waals surface area contributed by atoms with Gasteiger partial charge in [-0.3, -0.25) is 9.59 Å². The van der Waals surface area contributed by atoms with E-state index in [2.05, 4.69) is 4.74 Å². The van der Waals surface area contributed by atoms with Crippen LogP contribution in [-0.4, -0.2) is 45.2 Å². The zero-order valence-corrected chi connectivity index (χ0v) is 15.3. The maximum Gasteiger partial charge on any atom is 0.330 e. The fourth-order valence-electron chi connectivity index (χ4n) is 1.97. The van der Waals surface area contributed by atoms with Crippen LogP contribution in [0.5, 0.6) is 11.5 Å². The number of carbonyl (C=O) groups is 3. The molecule has 7 heteroatoms. The molecule has 1 aromatic carbocycles. The largest absolute Gasteiger partial charge is 0.493 e. The molecular formula is C19H24O7. The number of hydrogen-bond acceptors (Lipinski definition) is 7. The van der Waals surface area contributed by atoms with Crippen molar-refractivity contribution in [2.75, 3.05) is 27.4 Å². The first-order valence-corrected chi connectivity index (χ1v) is 8.18. The highest BCUT2D eigenvalue weighted by atomic mass is 16.5. The summed E-state index contributed by atoms with van der Waals surface area (Å²) in [6, 6.07) is 5.29. The number of Topliss-reactive ketones (excluding diaryl/α,β-unsaturated/α-hetero) is 1. The van der Waals surface area contributed by atoms with Crippen molar-refractivity contribution < 1.29 is 33.3 Å². The Kier molecular flexibility index (Phi) is 9.53. The van der Waals surface area contributed by atoms with Crippen molar-refractivity contribution in [2.45, 2.75) is 26.2 Å². The van der Waals surface area contributed by atoms with Gasteiger partial charge in [0.1, 0.15) is 12.2 Å². The number of benzene rings is 1. The average molecular weight is 364 g/mol. The minimum atomic E-state index is -0.504. The van der Waals surface area contributed by atoms with Crippen molar-refractivity contribution in [3.8, 4) is 11.5 Å². The van der Waals surface area contributed by atoms with E-state index in [0.717, 1.165) is 5.56 Å². The Hall–Kier alpha value is -2.83. The summed E-state index contributed by atoms with van der Waals surface area (Å²) in [7, 11) is 2.85. The third-order valence-corrected chi connectivity index (χ3v) is 3.25. The summed E-state index contributed by atoms with van der Waals surface area (Å²) in [5.74, 6) is -0.0273. The van der Waals surface area contributed by atoms with Gasteiger partial charge >= 0.3 is 11.9 Å². The van der Waals surface area contributed by atoms with E-state index in [9.17, 15) is 14.4 Å². The lowest BCUT2D eigenvalue weighted by Gasteiger charge is -2.11. The van der Waals surface area contributed by atoms with E-state index in [0.29, 0.717) is 30.9 Å². The Morgan fingerprint density at radius 3 is 2.42 bits per heavy atom. The van der Waals surface area contributed by atoms with Crippen molar-refractivity contribution in [1.29, 1.82) is 0 Å². The molecule has 0 amide bonds. The number of esters is 2. The fourth-order valence-corrected chi connectivity index (χ4v) is 1.97. The van der Waals surface area contributed by atoms with Gasteiger partial charge in [-0.25, -0.2) is 4.79 Å². The van der Waals surface area contributed by atoms with Crippen molar-refractivity contribution in [1.82, 2.24) is 0 Å². The number of hydrogen-bond donors (Lipinski definition) is 0. The molecule has 0 aliphatic heterocycles. The molecule has 0 aliphatic rings. The van der Waals surface area contributed by atoms with Crippen LogP contribution in [0.4, 0.5) is 0 Å². The Labute approximate surface area is 152 Å². The third-order valence-electron chi connectivity index (χ3n) is 3.25. The predicted octanol–water partition coefficient (Wildman–Crippen LogP) is 2.56. The number of unbranched alkanes of at least 4 members (excludes halogenated alkanes) is 1. The van der Waals surface area contributed by atoms with Gasteiger partial charge < -0.3 is 18.9 Å². The van der Waals surface area contributed by atoms with Gasteiger partial charge in [0.25, 0.3) is 0 Å². The van der Waals surface area contributed by atoms with E-state index in [1.54, 1.807) is 24.3 Å². The molecule has 0 heterocycles. The molecule has 0 radical (unpaired) electrons. The van der Waals surface area contributed by atoms with Gasteiger partial charge in [-0.2, -0.15) is 0 Å². The highest BCUT2D eigenvalue weighted by Crippen LogP contribution is 2.28. The molecule has 1 aromatic rings. The Morgan fingerprint density at radius 2 is 1.77 bits per heavy atom. The summed E-state index contributed by atoms with van der Waals surface area (Å²) in [5, 5.41) is 0. The summed E-state index contributed by atoms with van der Waals surface area (Å²) in [6.45, 7) is 2.03. The van der Waals surface area contributed by atoms with Gasteiger partial charge in [0.15, 0.2) is 11.5 Å². The van der Waals surface area contributed by atoms with Crippen LogP contribution in [0.15, 0.2) is 24.3 Å². The molecule has 0 bridgehead atoms. The van der Waals surface area contributed by atoms with Crippen LogP contribution in [0.1, 0.15) is 31.7 Å². The first kappa shape index (κ1) is 21.2. The zero-order chi connectivity index (χ0) is 19.4. The molecule has 0 aromatic heterocycles. The van der Waals surface area contributed by atoms with E-state index in [1.807, 2.05) is 0 Å². The van der Waals surface area contributed by atoms with Crippen LogP contribution in [0.25, 0.3) is 6.08 Å². The van der Waals surface area contributed by atoms with Gasteiger partial charge in [0.2, 0.25) is 0 Å². The molecular weight excluding hydrogens is 340 g/mol. The Morgan fingerprint density at radius 1 is 1.04 bits per heavy atom. The number of methoxy groups -OCH3 is 2. The SMILES string of the molecule is COC(=O)/C=C/c1ccc(OCCCCOC(=O)CC(C)=O)c(OC)c1. The summed E-state index contributed by atoms with van der Waals surface area (Å²) in [4.78, 5) is 33.1. The van der Waals surface area contributed by atoms with Gasteiger partial charge in [0.05, 0.1) is 27.4 Å². The maximum atomic E-state index is 11.2. The minimum absolute atomic E-state index is 0.190. The second-order valence-corrected chi connectivity index (χ2v) is 5.42. The van der Waals surface area contributed by atoms with Crippen molar-refractivity contribution in [3.63, 3.8) is 0 Å². The normalized spacial score (nSPS) is 10.4. The number of ether oxygens (including phenoxy) is 4. The van der Waals surface area contributed by atoms with Crippen LogP contribution in [0.3, 0.4) is 0 Å². The molecule has 26 heavy (non-hydrogen) atoms. The molecule has 0 unspecified atom stereocenters. The molecule has 0 N–H and O–H groups in total. The van der Waals surface area contributed by atoms with Gasteiger partial charge in [-0.1, -0.05) is 6.07 Å². The lowest BCUT2D eigenvalue weighted by Crippen LogP contribution is -2.10. The Bertz CT molecular complexity index is 649. The van der Waals surface area contributed by atoms with Crippen LogP contribution >= 0.6 is 0 Å². The number of carbonyl (C=O) groups excluding carboxylic acids is 3. The lowest BCUT2D eigenvalue weighted by atomic mass is 10.2. The average Bonchev–Trinajstić information content (AvgIpc) is 2.62. The molecule has 0 saturated carbocycles. The molecule has 0 spiro atoms. The lowest BCUT2D eigenvalue weighted by molar-refractivity contribution is -0.145. The highest BCUT2D eigenvalue weighted by Gasteiger charge is 2.07. The zero-order valence-electron chi connectivity index (χ0n) is 15.3. The van der Waals surface area contributed by atoms with E-state index in [4.69, 9.17) is 14.2 Å². The molecule has 0 aliphatic carbocycles. The Balaban J connectivity index is 2.40. The van der Waals surface area contributed by atoms with Crippen molar-refractivity contribution in [2.24, 2.45) is 0 Å². The predicted molar refractivity (Wildman–Crippen MR) is 95.0 cm³/mol. The summed E-state index contributed by atoms with van der Waals surface area (Å²) in [6.07, 6.45) is 4.06. The first-order valence-electron chi connectivity index (χ1n) is 8.18. The molecule has 0 fully saturated rings. The third kappa shape index (κ3) is 8.32. The van der Waals surface area contributed by atoms with E-state index in [1.165, 1.54) is 27.2 Å². The molecule has 7 nitrogen and oxygen atoms in total. The molecule has 0 atom stereocenters. The summed E-state index contributed by atoms with van der Waals surface area (Å²) >= 11 is 0.